The molecule has 7 nitrogen and oxygen atoms in total. The first-order chi connectivity index (χ1) is 13.1. The maximum atomic E-state index is 12.8. The topological polar surface area (TPSA) is 77.1 Å². The van der Waals surface area contributed by atoms with Gasteiger partial charge in [0.2, 0.25) is 5.91 Å². The second kappa shape index (κ2) is 7.99. The molecular weight excluding hydrogens is 348 g/mol. The van der Waals surface area contributed by atoms with E-state index in [1.54, 1.807) is 49.6 Å². The highest BCUT2D eigenvalue weighted by atomic mass is 16.5. The van der Waals surface area contributed by atoms with Crippen molar-refractivity contribution >= 4 is 23.2 Å². The zero-order valence-electron chi connectivity index (χ0n) is 15.5. The van der Waals surface area contributed by atoms with E-state index < -0.39 is 6.04 Å². The molecule has 0 saturated carbocycles. The predicted molar refractivity (Wildman–Crippen MR) is 102 cm³/mol. The first-order valence-corrected chi connectivity index (χ1v) is 8.65. The Morgan fingerprint density at radius 2 is 1.74 bits per heavy atom. The van der Waals surface area contributed by atoms with Gasteiger partial charge < -0.3 is 19.5 Å². The molecule has 1 atom stereocenters. The van der Waals surface area contributed by atoms with Crippen LogP contribution in [0.1, 0.15) is 13.3 Å². The number of carbonyl (C=O) groups excluding carboxylic acids is 2. The van der Waals surface area contributed by atoms with Crippen LogP contribution in [0.2, 0.25) is 0 Å². The Morgan fingerprint density at radius 3 is 2.37 bits per heavy atom. The van der Waals surface area contributed by atoms with Gasteiger partial charge in [0.15, 0.2) is 0 Å². The van der Waals surface area contributed by atoms with Crippen LogP contribution in [0, 0.1) is 0 Å². The fourth-order valence-electron chi connectivity index (χ4n) is 2.98. The third kappa shape index (κ3) is 3.81. The van der Waals surface area contributed by atoms with Crippen LogP contribution in [-0.2, 0) is 9.59 Å². The number of hydrogen-bond donors (Lipinski definition) is 1. The highest BCUT2D eigenvalue weighted by Crippen LogP contribution is 2.32. The molecule has 1 aliphatic heterocycles. The lowest BCUT2D eigenvalue weighted by atomic mass is 10.2. The van der Waals surface area contributed by atoms with Crippen LogP contribution in [0.3, 0.4) is 0 Å². The minimum Gasteiger partial charge on any atom is -0.497 e. The summed E-state index contributed by atoms with van der Waals surface area (Å²) in [5.41, 5.74) is 1.15. The minimum atomic E-state index is -0.661. The smallest absolute Gasteiger partial charge is 0.256 e. The van der Waals surface area contributed by atoms with E-state index in [0.29, 0.717) is 35.2 Å². The summed E-state index contributed by atoms with van der Waals surface area (Å²) in [6, 6.07) is 11.5. The number of rotatable bonds is 7. The minimum absolute atomic E-state index is 0.0707. The predicted octanol–water partition coefficient (Wildman–Crippen LogP) is 2.85. The average molecular weight is 370 g/mol. The highest BCUT2D eigenvalue weighted by Gasteiger charge is 2.39. The summed E-state index contributed by atoms with van der Waals surface area (Å²) >= 11 is 0. The number of nitrogens with one attached hydrogen (secondary N) is 1. The van der Waals surface area contributed by atoms with E-state index in [0.717, 1.165) is 0 Å². The number of anilines is 2. The Labute approximate surface area is 157 Å². The molecule has 0 unspecified atom stereocenters. The maximum absolute atomic E-state index is 12.8. The second-order valence-corrected chi connectivity index (χ2v) is 5.96. The van der Waals surface area contributed by atoms with Gasteiger partial charge in [-0.15, -0.1) is 0 Å². The fraction of sp³-hybridized carbons (Fsp3) is 0.300. The van der Waals surface area contributed by atoms with Gasteiger partial charge in [-0.3, -0.25) is 9.59 Å². The van der Waals surface area contributed by atoms with Gasteiger partial charge in [0.1, 0.15) is 23.3 Å². The molecule has 27 heavy (non-hydrogen) atoms. The Bertz CT molecular complexity index is 835. The number of imide groups is 1. The zero-order valence-corrected chi connectivity index (χ0v) is 15.5. The number of amides is 2. The van der Waals surface area contributed by atoms with Crippen molar-refractivity contribution in [3.63, 3.8) is 0 Å². The van der Waals surface area contributed by atoms with Gasteiger partial charge in [-0.2, -0.15) is 0 Å². The Morgan fingerprint density at radius 1 is 1.04 bits per heavy atom. The van der Waals surface area contributed by atoms with Crippen LogP contribution in [0.15, 0.2) is 42.5 Å². The molecule has 2 aromatic carbocycles. The van der Waals surface area contributed by atoms with E-state index in [9.17, 15) is 9.59 Å². The van der Waals surface area contributed by atoms with Crippen molar-refractivity contribution in [2.75, 3.05) is 31.0 Å². The Hall–Kier alpha value is -3.22. The Balaban J connectivity index is 1.78. The molecule has 1 saturated heterocycles. The van der Waals surface area contributed by atoms with Gasteiger partial charge in [0.05, 0.1) is 38.6 Å². The van der Waals surface area contributed by atoms with Crippen molar-refractivity contribution in [1.82, 2.24) is 0 Å². The summed E-state index contributed by atoms with van der Waals surface area (Å²) in [5.74, 6) is 1.31. The number of benzene rings is 2. The van der Waals surface area contributed by atoms with Crippen LogP contribution in [0.25, 0.3) is 0 Å². The van der Waals surface area contributed by atoms with Gasteiger partial charge in [-0.05, 0) is 43.3 Å². The van der Waals surface area contributed by atoms with Gasteiger partial charge in [-0.1, -0.05) is 0 Å². The van der Waals surface area contributed by atoms with Crippen molar-refractivity contribution in [2.24, 2.45) is 0 Å². The van der Waals surface area contributed by atoms with E-state index in [-0.39, 0.29) is 18.2 Å². The summed E-state index contributed by atoms with van der Waals surface area (Å²) in [4.78, 5) is 26.4. The molecule has 0 radical (unpaired) electrons. The van der Waals surface area contributed by atoms with Gasteiger partial charge in [-0.25, -0.2) is 4.90 Å². The zero-order chi connectivity index (χ0) is 19.4. The van der Waals surface area contributed by atoms with E-state index >= 15 is 0 Å². The summed E-state index contributed by atoms with van der Waals surface area (Å²) in [6.45, 7) is 2.45. The largest absolute Gasteiger partial charge is 0.497 e. The molecule has 1 N–H and O–H groups in total. The molecule has 0 aliphatic carbocycles. The van der Waals surface area contributed by atoms with Crippen LogP contribution in [-0.4, -0.2) is 38.7 Å². The molecule has 7 heteroatoms. The SMILES string of the molecule is CCOc1ccc(N2C(=O)C[C@@H](Nc3ccc(OC)cc3OC)C2=O)cc1. The van der Waals surface area contributed by atoms with Gasteiger partial charge in [0, 0.05) is 6.07 Å². The average Bonchev–Trinajstić information content (AvgIpc) is 2.96. The van der Waals surface area contributed by atoms with Crippen molar-refractivity contribution < 1.29 is 23.8 Å². The van der Waals surface area contributed by atoms with Gasteiger partial charge in [0.25, 0.3) is 5.91 Å². The molecule has 2 amide bonds. The molecule has 1 fully saturated rings. The lowest BCUT2D eigenvalue weighted by molar-refractivity contribution is -0.121. The van der Waals surface area contributed by atoms with Gasteiger partial charge >= 0.3 is 0 Å². The summed E-state index contributed by atoms with van der Waals surface area (Å²) < 4.78 is 15.9. The quantitative estimate of drug-likeness (QED) is 0.755. The van der Waals surface area contributed by atoms with Crippen molar-refractivity contribution in [2.45, 2.75) is 19.4 Å². The van der Waals surface area contributed by atoms with E-state index in [2.05, 4.69) is 5.32 Å². The first-order valence-electron chi connectivity index (χ1n) is 8.65. The molecule has 1 heterocycles. The fourth-order valence-corrected chi connectivity index (χ4v) is 2.98. The third-order valence-electron chi connectivity index (χ3n) is 4.29. The first kappa shape index (κ1) is 18.6. The monoisotopic (exact) mass is 370 g/mol. The summed E-state index contributed by atoms with van der Waals surface area (Å²) in [6.07, 6.45) is 0.0707. The molecule has 142 valence electrons. The summed E-state index contributed by atoms with van der Waals surface area (Å²) in [7, 11) is 3.10. The molecule has 0 bridgehead atoms. The van der Waals surface area contributed by atoms with E-state index in [1.807, 2.05) is 6.92 Å². The Kier molecular flexibility index (Phi) is 5.49. The van der Waals surface area contributed by atoms with Crippen LogP contribution in [0.5, 0.6) is 17.2 Å². The summed E-state index contributed by atoms with van der Waals surface area (Å²) in [5, 5.41) is 3.11. The lowest BCUT2D eigenvalue weighted by Gasteiger charge is -2.18. The molecule has 2 aromatic rings. The molecular formula is C20H22N2O5. The highest BCUT2D eigenvalue weighted by molar-refractivity contribution is 6.23. The van der Waals surface area contributed by atoms with Crippen LogP contribution >= 0.6 is 0 Å². The number of nitrogens with zero attached hydrogens (tertiary/aromatic N) is 1. The normalized spacial score (nSPS) is 16.4. The lowest BCUT2D eigenvalue weighted by Crippen LogP contribution is -2.34. The van der Waals surface area contributed by atoms with E-state index in [4.69, 9.17) is 14.2 Å². The maximum Gasteiger partial charge on any atom is 0.256 e. The second-order valence-electron chi connectivity index (χ2n) is 5.96. The number of ether oxygens (including phenoxy) is 3. The van der Waals surface area contributed by atoms with Crippen molar-refractivity contribution in [1.29, 1.82) is 0 Å². The standard InChI is InChI=1S/C20H22N2O5/c1-4-27-14-7-5-13(6-8-14)22-19(23)12-17(20(22)24)21-16-10-9-15(25-2)11-18(16)26-3/h5-11,17,21H,4,12H2,1-3H3/t17-/m1/s1. The number of methoxy groups -OCH3 is 2. The number of carbonyl (C=O) groups is 2. The number of hydrogen-bond acceptors (Lipinski definition) is 6. The molecule has 1 aliphatic rings. The molecule has 3 rings (SSSR count). The van der Waals surface area contributed by atoms with E-state index in [1.165, 1.54) is 12.0 Å². The van der Waals surface area contributed by atoms with Crippen molar-refractivity contribution in [3.05, 3.63) is 42.5 Å². The van der Waals surface area contributed by atoms with Crippen LogP contribution < -0.4 is 24.4 Å². The van der Waals surface area contributed by atoms with Crippen molar-refractivity contribution in [3.8, 4) is 17.2 Å². The molecule has 0 spiro atoms. The molecule has 0 aromatic heterocycles. The third-order valence-corrected chi connectivity index (χ3v) is 4.29. The van der Waals surface area contributed by atoms with Crippen LogP contribution in [0.4, 0.5) is 11.4 Å².